The molecule has 0 aromatic carbocycles. The molecule has 4 heteroatoms. The Morgan fingerprint density at radius 3 is 2.93 bits per heavy atom. The quantitative estimate of drug-likeness (QED) is 0.765. The van der Waals surface area contributed by atoms with Gasteiger partial charge in [0.05, 0.1) is 19.3 Å². The second-order valence-corrected chi connectivity index (χ2v) is 4.02. The van der Waals surface area contributed by atoms with Gasteiger partial charge in [0.25, 0.3) is 0 Å². The van der Waals surface area contributed by atoms with Crippen LogP contribution < -0.4 is 0 Å². The van der Waals surface area contributed by atoms with E-state index in [9.17, 15) is 5.11 Å². The number of aliphatic hydroxyl groups is 1. The Hall–Kier alpha value is -0.870. The summed E-state index contributed by atoms with van der Waals surface area (Å²) in [5.74, 6) is 1.39. The fourth-order valence-electron chi connectivity index (χ4n) is 1.85. The Bertz CT molecular complexity index is 309. The highest BCUT2D eigenvalue weighted by molar-refractivity contribution is 5.02. The van der Waals surface area contributed by atoms with E-state index in [1.165, 1.54) is 0 Å². The SMILES string of the molecule is CC(C)c1nccn1[C@H]1COC[C@@H]1O. The van der Waals surface area contributed by atoms with Crippen LogP contribution in [0.5, 0.6) is 0 Å². The minimum atomic E-state index is -0.401. The van der Waals surface area contributed by atoms with Gasteiger partial charge in [0.2, 0.25) is 0 Å². The minimum absolute atomic E-state index is 0.0369. The van der Waals surface area contributed by atoms with E-state index in [0.717, 1.165) is 5.82 Å². The number of rotatable bonds is 2. The predicted octanol–water partition coefficient (Wildman–Crippen LogP) is 0.939. The standard InChI is InChI=1S/C10H16N2O2/c1-7(2)10-11-3-4-12(10)8-5-14-6-9(8)13/h3-4,7-9,13H,5-6H2,1-2H3/t8-,9-/m0/s1. The molecule has 2 atom stereocenters. The summed E-state index contributed by atoms with van der Waals surface area (Å²) in [6.07, 6.45) is 3.29. The van der Waals surface area contributed by atoms with E-state index >= 15 is 0 Å². The summed E-state index contributed by atoms with van der Waals surface area (Å²) >= 11 is 0. The second kappa shape index (κ2) is 3.71. The van der Waals surface area contributed by atoms with Gasteiger partial charge in [0, 0.05) is 18.3 Å². The van der Waals surface area contributed by atoms with Crippen molar-refractivity contribution in [2.75, 3.05) is 13.2 Å². The monoisotopic (exact) mass is 196 g/mol. The van der Waals surface area contributed by atoms with Crippen LogP contribution in [-0.2, 0) is 4.74 Å². The summed E-state index contributed by atoms with van der Waals surface area (Å²) in [7, 11) is 0. The normalized spacial score (nSPS) is 27.4. The molecule has 0 aliphatic carbocycles. The van der Waals surface area contributed by atoms with Crippen LogP contribution in [0.4, 0.5) is 0 Å². The maximum absolute atomic E-state index is 9.69. The molecule has 1 fully saturated rings. The molecule has 4 nitrogen and oxygen atoms in total. The van der Waals surface area contributed by atoms with Gasteiger partial charge in [0.1, 0.15) is 11.9 Å². The first-order chi connectivity index (χ1) is 6.70. The molecule has 1 aliphatic rings. The molecule has 78 valence electrons. The fourth-order valence-corrected chi connectivity index (χ4v) is 1.85. The Balaban J connectivity index is 2.26. The molecule has 14 heavy (non-hydrogen) atoms. The van der Waals surface area contributed by atoms with Crippen LogP contribution in [0.15, 0.2) is 12.4 Å². The Morgan fingerprint density at radius 1 is 1.57 bits per heavy atom. The van der Waals surface area contributed by atoms with Gasteiger partial charge in [-0.05, 0) is 0 Å². The maximum Gasteiger partial charge on any atom is 0.111 e. The molecule has 0 radical (unpaired) electrons. The summed E-state index contributed by atoms with van der Waals surface area (Å²) in [6, 6.07) is 0.0369. The Labute approximate surface area is 83.5 Å². The van der Waals surface area contributed by atoms with Gasteiger partial charge in [-0.3, -0.25) is 0 Å². The number of hydrogen-bond donors (Lipinski definition) is 1. The second-order valence-electron chi connectivity index (χ2n) is 4.02. The first-order valence-corrected chi connectivity index (χ1v) is 4.98. The van der Waals surface area contributed by atoms with Crippen molar-refractivity contribution in [3.63, 3.8) is 0 Å². The van der Waals surface area contributed by atoms with Crippen molar-refractivity contribution in [1.82, 2.24) is 9.55 Å². The molecular weight excluding hydrogens is 180 g/mol. The van der Waals surface area contributed by atoms with Gasteiger partial charge in [-0.1, -0.05) is 13.8 Å². The molecule has 1 N–H and O–H groups in total. The molecule has 0 spiro atoms. The third-order valence-electron chi connectivity index (χ3n) is 2.59. The van der Waals surface area contributed by atoms with Gasteiger partial charge in [0.15, 0.2) is 0 Å². The molecule has 2 heterocycles. The van der Waals surface area contributed by atoms with Gasteiger partial charge < -0.3 is 14.4 Å². The van der Waals surface area contributed by atoms with E-state index in [2.05, 4.69) is 18.8 Å². The molecule has 0 bridgehead atoms. The van der Waals surface area contributed by atoms with E-state index in [1.807, 2.05) is 10.8 Å². The zero-order valence-corrected chi connectivity index (χ0v) is 8.55. The lowest BCUT2D eigenvalue weighted by Crippen LogP contribution is -2.23. The molecule has 1 aliphatic heterocycles. The van der Waals surface area contributed by atoms with Crippen molar-refractivity contribution in [2.45, 2.75) is 31.9 Å². The molecule has 0 amide bonds. The number of aliphatic hydroxyl groups excluding tert-OH is 1. The first-order valence-electron chi connectivity index (χ1n) is 4.98. The molecule has 1 aromatic heterocycles. The van der Waals surface area contributed by atoms with Gasteiger partial charge >= 0.3 is 0 Å². The highest BCUT2D eigenvalue weighted by atomic mass is 16.5. The number of ether oxygens (including phenoxy) is 1. The zero-order chi connectivity index (χ0) is 10.1. The number of imidazole rings is 1. The van der Waals surface area contributed by atoms with Crippen LogP contribution in [0.2, 0.25) is 0 Å². The average Bonchev–Trinajstić information content (AvgIpc) is 2.70. The van der Waals surface area contributed by atoms with Crippen LogP contribution >= 0.6 is 0 Å². The van der Waals surface area contributed by atoms with Crippen LogP contribution in [0.3, 0.4) is 0 Å². The zero-order valence-electron chi connectivity index (χ0n) is 8.55. The van der Waals surface area contributed by atoms with Gasteiger partial charge in [-0.2, -0.15) is 0 Å². The molecule has 2 rings (SSSR count). The maximum atomic E-state index is 9.69. The van der Waals surface area contributed by atoms with Crippen molar-refractivity contribution in [3.8, 4) is 0 Å². The van der Waals surface area contributed by atoms with E-state index in [0.29, 0.717) is 19.1 Å². The van der Waals surface area contributed by atoms with Crippen molar-refractivity contribution >= 4 is 0 Å². The highest BCUT2D eigenvalue weighted by Gasteiger charge is 2.29. The van der Waals surface area contributed by atoms with Gasteiger partial charge in [-0.25, -0.2) is 4.98 Å². The lowest BCUT2D eigenvalue weighted by atomic mass is 10.1. The molecule has 0 unspecified atom stereocenters. The van der Waals surface area contributed by atoms with E-state index < -0.39 is 6.10 Å². The summed E-state index contributed by atoms with van der Waals surface area (Å²) < 4.78 is 7.26. The third-order valence-corrected chi connectivity index (χ3v) is 2.59. The first kappa shape index (κ1) is 9.68. The van der Waals surface area contributed by atoms with E-state index in [1.54, 1.807) is 6.20 Å². The van der Waals surface area contributed by atoms with Crippen LogP contribution in [0, 0.1) is 0 Å². The van der Waals surface area contributed by atoms with Crippen molar-refractivity contribution in [3.05, 3.63) is 18.2 Å². The number of hydrogen-bond acceptors (Lipinski definition) is 3. The van der Waals surface area contributed by atoms with Crippen LogP contribution in [0.1, 0.15) is 31.6 Å². The lowest BCUT2D eigenvalue weighted by Gasteiger charge is -2.18. The summed E-state index contributed by atoms with van der Waals surface area (Å²) in [5.41, 5.74) is 0. The third kappa shape index (κ3) is 1.55. The molecule has 1 aromatic rings. The van der Waals surface area contributed by atoms with Gasteiger partial charge in [-0.15, -0.1) is 0 Å². The summed E-state index contributed by atoms with van der Waals surface area (Å²) in [5, 5.41) is 9.69. The lowest BCUT2D eigenvalue weighted by molar-refractivity contribution is 0.119. The Morgan fingerprint density at radius 2 is 2.36 bits per heavy atom. The topological polar surface area (TPSA) is 47.3 Å². The largest absolute Gasteiger partial charge is 0.388 e. The molecular formula is C10H16N2O2. The smallest absolute Gasteiger partial charge is 0.111 e. The van der Waals surface area contributed by atoms with Crippen LogP contribution in [0.25, 0.3) is 0 Å². The van der Waals surface area contributed by atoms with E-state index in [4.69, 9.17) is 4.74 Å². The van der Waals surface area contributed by atoms with Crippen molar-refractivity contribution in [1.29, 1.82) is 0 Å². The Kier molecular flexibility index (Phi) is 2.56. The number of aromatic nitrogens is 2. The molecule has 1 saturated heterocycles. The summed E-state index contributed by atoms with van der Waals surface area (Å²) in [4.78, 5) is 4.29. The predicted molar refractivity (Wildman–Crippen MR) is 52.2 cm³/mol. The van der Waals surface area contributed by atoms with Crippen molar-refractivity contribution < 1.29 is 9.84 Å². The summed E-state index contributed by atoms with van der Waals surface area (Å²) in [6.45, 7) is 5.21. The van der Waals surface area contributed by atoms with Crippen LogP contribution in [-0.4, -0.2) is 34.0 Å². The number of nitrogens with zero attached hydrogens (tertiary/aromatic N) is 2. The minimum Gasteiger partial charge on any atom is -0.388 e. The fraction of sp³-hybridized carbons (Fsp3) is 0.700. The molecule has 0 saturated carbocycles. The highest BCUT2D eigenvalue weighted by Crippen LogP contribution is 2.24. The average molecular weight is 196 g/mol. The van der Waals surface area contributed by atoms with E-state index in [-0.39, 0.29) is 6.04 Å². The van der Waals surface area contributed by atoms with Crippen molar-refractivity contribution in [2.24, 2.45) is 0 Å².